The number of aromatic nitrogens is 2. The standard InChI is InChI=1S/C18H17ClF3N5O2/c19-13-10-23-17(27-7-1-2-8-27)26-15(13)16(29)25-12-5-3-11(4-6-12)24-14(28)9-18(20,21)22/h3-6,10H,1-2,7-9H2,(H,24,28)(H,25,29). The molecule has 1 aromatic carbocycles. The lowest BCUT2D eigenvalue weighted by molar-refractivity contribution is -0.150. The quantitative estimate of drug-likeness (QED) is 0.756. The molecule has 1 aromatic heterocycles. The van der Waals surface area contributed by atoms with Crippen LogP contribution < -0.4 is 15.5 Å². The monoisotopic (exact) mass is 427 g/mol. The number of rotatable bonds is 5. The molecular formula is C18H17ClF3N5O2. The first-order valence-electron chi connectivity index (χ1n) is 8.77. The number of halogens is 4. The van der Waals surface area contributed by atoms with E-state index < -0.39 is 24.4 Å². The highest BCUT2D eigenvalue weighted by molar-refractivity contribution is 6.34. The van der Waals surface area contributed by atoms with Gasteiger partial charge in [-0.2, -0.15) is 13.2 Å². The predicted octanol–water partition coefficient (Wildman–Crippen LogP) is 3.87. The molecule has 0 bridgehead atoms. The molecule has 154 valence electrons. The Hall–Kier alpha value is -2.88. The summed E-state index contributed by atoms with van der Waals surface area (Å²) in [7, 11) is 0. The van der Waals surface area contributed by atoms with Gasteiger partial charge in [0, 0.05) is 24.5 Å². The zero-order valence-electron chi connectivity index (χ0n) is 15.1. The van der Waals surface area contributed by atoms with Gasteiger partial charge < -0.3 is 15.5 Å². The molecule has 1 aliphatic rings. The molecule has 29 heavy (non-hydrogen) atoms. The fourth-order valence-electron chi connectivity index (χ4n) is 2.80. The van der Waals surface area contributed by atoms with E-state index in [1.807, 2.05) is 4.90 Å². The molecule has 0 radical (unpaired) electrons. The number of carbonyl (C=O) groups is 2. The van der Waals surface area contributed by atoms with Gasteiger partial charge in [-0.3, -0.25) is 9.59 Å². The van der Waals surface area contributed by atoms with Crippen molar-refractivity contribution >= 4 is 40.7 Å². The van der Waals surface area contributed by atoms with Crippen LogP contribution in [0.5, 0.6) is 0 Å². The highest BCUT2D eigenvalue weighted by Crippen LogP contribution is 2.23. The van der Waals surface area contributed by atoms with Gasteiger partial charge in [0.25, 0.3) is 5.91 Å². The minimum Gasteiger partial charge on any atom is -0.341 e. The van der Waals surface area contributed by atoms with E-state index in [1.54, 1.807) is 0 Å². The molecule has 0 unspecified atom stereocenters. The van der Waals surface area contributed by atoms with Gasteiger partial charge in [0.05, 0.1) is 11.2 Å². The third-order valence-electron chi connectivity index (χ3n) is 4.12. The summed E-state index contributed by atoms with van der Waals surface area (Å²) in [5.41, 5.74) is 0.556. The van der Waals surface area contributed by atoms with Crippen LogP contribution in [-0.4, -0.2) is 41.0 Å². The number of nitrogens with zero attached hydrogens (tertiary/aromatic N) is 3. The van der Waals surface area contributed by atoms with Gasteiger partial charge in [-0.15, -0.1) is 0 Å². The van der Waals surface area contributed by atoms with Crippen LogP contribution in [-0.2, 0) is 4.79 Å². The Morgan fingerprint density at radius 3 is 2.24 bits per heavy atom. The topological polar surface area (TPSA) is 87.2 Å². The average Bonchev–Trinajstić information content (AvgIpc) is 3.17. The Morgan fingerprint density at radius 1 is 1.07 bits per heavy atom. The molecule has 0 saturated carbocycles. The van der Waals surface area contributed by atoms with Crippen molar-refractivity contribution in [1.82, 2.24) is 9.97 Å². The first kappa shape index (κ1) is 20.8. The maximum atomic E-state index is 12.5. The van der Waals surface area contributed by atoms with Crippen molar-refractivity contribution < 1.29 is 22.8 Å². The highest BCUT2D eigenvalue weighted by Gasteiger charge is 2.31. The van der Waals surface area contributed by atoms with Crippen LogP contribution in [0, 0.1) is 0 Å². The lowest BCUT2D eigenvalue weighted by Gasteiger charge is -2.16. The number of alkyl halides is 3. The number of anilines is 3. The molecule has 0 aliphatic carbocycles. The Kier molecular flexibility index (Phi) is 6.21. The molecule has 2 amide bonds. The van der Waals surface area contributed by atoms with Gasteiger partial charge in [0.1, 0.15) is 6.42 Å². The summed E-state index contributed by atoms with van der Waals surface area (Å²) in [6.07, 6.45) is -2.73. The first-order chi connectivity index (χ1) is 13.7. The number of amides is 2. The molecule has 0 atom stereocenters. The minimum atomic E-state index is -4.58. The normalized spacial score (nSPS) is 14.0. The van der Waals surface area contributed by atoms with Crippen LogP contribution in [0.15, 0.2) is 30.5 Å². The number of carbonyl (C=O) groups excluding carboxylic acids is 2. The smallest absolute Gasteiger partial charge is 0.341 e. The van der Waals surface area contributed by atoms with Crippen LogP contribution in [0.25, 0.3) is 0 Å². The van der Waals surface area contributed by atoms with Crippen LogP contribution in [0.2, 0.25) is 5.02 Å². The zero-order valence-corrected chi connectivity index (χ0v) is 15.8. The third-order valence-corrected chi connectivity index (χ3v) is 4.40. The van der Waals surface area contributed by atoms with Crippen molar-refractivity contribution in [2.45, 2.75) is 25.4 Å². The van der Waals surface area contributed by atoms with Crippen LogP contribution in [0.1, 0.15) is 29.8 Å². The molecule has 1 fully saturated rings. The van der Waals surface area contributed by atoms with Gasteiger partial charge in [-0.1, -0.05) is 11.6 Å². The average molecular weight is 428 g/mol. The lowest BCUT2D eigenvalue weighted by atomic mass is 10.2. The van der Waals surface area contributed by atoms with E-state index in [0.29, 0.717) is 11.6 Å². The maximum Gasteiger partial charge on any atom is 0.397 e. The number of nitrogens with one attached hydrogen (secondary N) is 2. The second-order valence-corrected chi connectivity index (χ2v) is 6.84. The summed E-state index contributed by atoms with van der Waals surface area (Å²) in [5, 5.41) is 4.85. The second kappa shape index (κ2) is 8.64. The largest absolute Gasteiger partial charge is 0.397 e. The van der Waals surface area contributed by atoms with Crippen molar-refractivity contribution in [3.63, 3.8) is 0 Å². The highest BCUT2D eigenvalue weighted by atomic mass is 35.5. The molecule has 7 nitrogen and oxygen atoms in total. The van der Waals surface area contributed by atoms with Gasteiger partial charge >= 0.3 is 6.18 Å². The Balaban J connectivity index is 1.65. The van der Waals surface area contributed by atoms with Gasteiger partial charge in [-0.05, 0) is 37.1 Å². The van der Waals surface area contributed by atoms with Crippen molar-refractivity contribution in [1.29, 1.82) is 0 Å². The van der Waals surface area contributed by atoms with Gasteiger partial charge in [0.15, 0.2) is 5.69 Å². The number of hydrogen-bond acceptors (Lipinski definition) is 5. The van der Waals surface area contributed by atoms with Crippen molar-refractivity contribution in [3.8, 4) is 0 Å². The number of benzene rings is 1. The fourth-order valence-corrected chi connectivity index (χ4v) is 2.98. The molecule has 2 heterocycles. The lowest BCUT2D eigenvalue weighted by Crippen LogP contribution is -2.23. The van der Waals surface area contributed by atoms with E-state index in [9.17, 15) is 22.8 Å². The van der Waals surface area contributed by atoms with E-state index in [2.05, 4.69) is 20.6 Å². The molecule has 0 spiro atoms. The van der Waals surface area contributed by atoms with E-state index in [0.717, 1.165) is 25.9 Å². The number of hydrogen-bond donors (Lipinski definition) is 2. The molecule has 1 aliphatic heterocycles. The summed E-state index contributed by atoms with van der Waals surface area (Å²) < 4.78 is 36.6. The van der Waals surface area contributed by atoms with E-state index in [1.165, 1.54) is 30.5 Å². The van der Waals surface area contributed by atoms with E-state index in [4.69, 9.17) is 11.6 Å². The maximum absolute atomic E-state index is 12.5. The summed E-state index contributed by atoms with van der Waals surface area (Å²) in [4.78, 5) is 34.2. The van der Waals surface area contributed by atoms with Crippen molar-refractivity contribution in [2.75, 3.05) is 28.6 Å². The summed E-state index contributed by atoms with van der Waals surface area (Å²) >= 11 is 6.06. The Morgan fingerprint density at radius 2 is 1.66 bits per heavy atom. The zero-order chi connectivity index (χ0) is 21.0. The second-order valence-electron chi connectivity index (χ2n) is 6.43. The summed E-state index contributed by atoms with van der Waals surface area (Å²) in [5.74, 6) is -1.29. The predicted molar refractivity (Wildman–Crippen MR) is 102 cm³/mol. The van der Waals surface area contributed by atoms with Gasteiger partial charge in [-0.25, -0.2) is 9.97 Å². The van der Waals surface area contributed by atoms with Crippen LogP contribution in [0.3, 0.4) is 0 Å². The Labute approximate surface area is 169 Å². The van der Waals surface area contributed by atoms with Crippen LogP contribution in [0.4, 0.5) is 30.5 Å². The Bertz CT molecular complexity index is 899. The van der Waals surface area contributed by atoms with E-state index >= 15 is 0 Å². The van der Waals surface area contributed by atoms with Crippen molar-refractivity contribution in [3.05, 3.63) is 41.2 Å². The first-order valence-corrected chi connectivity index (χ1v) is 9.14. The summed E-state index contributed by atoms with van der Waals surface area (Å²) in [6, 6.07) is 5.64. The fraction of sp³-hybridized carbons (Fsp3) is 0.333. The SMILES string of the molecule is O=C(CC(F)(F)F)Nc1ccc(NC(=O)c2nc(N3CCCC3)ncc2Cl)cc1. The molecule has 11 heteroatoms. The van der Waals surface area contributed by atoms with Crippen LogP contribution >= 0.6 is 11.6 Å². The summed E-state index contributed by atoms with van der Waals surface area (Å²) in [6.45, 7) is 1.62. The van der Waals surface area contributed by atoms with Gasteiger partial charge in [0.2, 0.25) is 11.9 Å². The third kappa shape index (κ3) is 5.80. The molecular weight excluding hydrogens is 411 g/mol. The van der Waals surface area contributed by atoms with Crippen molar-refractivity contribution in [2.24, 2.45) is 0 Å². The molecule has 2 aromatic rings. The molecule has 3 rings (SSSR count). The van der Waals surface area contributed by atoms with E-state index in [-0.39, 0.29) is 16.4 Å². The molecule has 1 saturated heterocycles. The molecule has 2 N–H and O–H groups in total. The minimum absolute atomic E-state index is 0.0196.